The van der Waals surface area contributed by atoms with Crippen LogP contribution in [0.4, 0.5) is 5.69 Å². The van der Waals surface area contributed by atoms with Gasteiger partial charge in [-0.25, -0.2) is 0 Å². The molecule has 0 amide bonds. The average Bonchev–Trinajstić information content (AvgIpc) is 3.57. The molecule has 2 aromatic carbocycles. The fraction of sp³-hybridized carbons (Fsp3) is 0.241. The normalized spacial score (nSPS) is 15.9. The summed E-state index contributed by atoms with van der Waals surface area (Å²) < 4.78 is 3.54. The number of carboxylic acid groups (broad SMARTS) is 1. The van der Waals surface area contributed by atoms with Crippen LogP contribution in [0.2, 0.25) is 0 Å². The van der Waals surface area contributed by atoms with Gasteiger partial charge in [0.05, 0.1) is 22.2 Å². The molecule has 0 aliphatic carbocycles. The van der Waals surface area contributed by atoms with Crippen molar-refractivity contribution in [1.29, 1.82) is 0 Å². The maximum atomic E-state index is 10.9. The van der Waals surface area contributed by atoms with Gasteiger partial charge in [-0.3, -0.25) is 4.79 Å². The van der Waals surface area contributed by atoms with Crippen LogP contribution in [-0.4, -0.2) is 35.4 Å². The third-order valence-corrected chi connectivity index (χ3v) is 10.2. The monoisotopic (exact) mass is 565 g/mol. The lowest BCUT2D eigenvalue weighted by molar-refractivity contribution is -0.664. The molecule has 0 spiro atoms. The first-order valence-electron chi connectivity index (χ1n) is 12.1. The van der Waals surface area contributed by atoms with E-state index in [0.29, 0.717) is 0 Å². The third-order valence-electron chi connectivity index (χ3n) is 6.25. The van der Waals surface area contributed by atoms with E-state index in [0.717, 1.165) is 25.3 Å². The molecular formula is C29H29N2O2S4+. The number of carboxylic acids is 1. The number of aliphatic carboxylic acids is 1. The number of allylic oxidation sites excluding steroid dienone is 6. The van der Waals surface area contributed by atoms with E-state index < -0.39 is 5.97 Å². The van der Waals surface area contributed by atoms with E-state index in [-0.39, 0.29) is 5.75 Å². The van der Waals surface area contributed by atoms with Gasteiger partial charge in [-0.1, -0.05) is 59.5 Å². The predicted octanol–water partition coefficient (Wildman–Crippen LogP) is 7.17. The Labute approximate surface area is 234 Å². The lowest BCUT2D eigenvalue weighted by atomic mass is 10.2. The minimum Gasteiger partial charge on any atom is -0.481 e. The predicted molar refractivity (Wildman–Crippen MR) is 162 cm³/mol. The van der Waals surface area contributed by atoms with Crippen LogP contribution in [0.15, 0.2) is 81.6 Å². The number of hydrogen-bond acceptors (Lipinski definition) is 6. The minimum atomic E-state index is -0.763. The second kappa shape index (κ2) is 12.0. The Morgan fingerprint density at radius 2 is 2.00 bits per heavy atom. The Kier molecular flexibility index (Phi) is 8.49. The molecule has 4 nitrogen and oxygen atoms in total. The second-order valence-electron chi connectivity index (χ2n) is 8.74. The maximum absolute atomic E-state index is 10.9. The quantitative estimate of drug-likeness (QED) is 0.122. The van der Waals surface area contributed by atoms with E-state index in [1.54, 1.807) is 11.3 Å². The second-order valence-corrected chi connectivity index (χ2v) is 12.8. The number of fused-ring (bicyclic) bond motifs is 1. The summed E-state index contributed by atoms with van der Waals surface area (Å²) in [6.45, 7) is 3.96. The van der Waals surface area contributed by atoms with Gasteiger partial charge in [0.25, 0.3) is 5.01 Å². The summed E-state index contributed by atoms with van der Waals surface area (Å²) in [4.78, 5) is 16.1. The number of carbonyl (C=O) groups is 1. The molecule has 0 saturated heterocycles. The summed E-state index contributed by atoms with van der Waals surface area (Å²) in [5.74, 6) is 0.144. The molecule has 2 aliphatic rings. The molecule has 2 aliphatic heterocycles. The molecule has 5 rings (SSSR count). The van der Waals surface area contributed by atoms with Crippen molar-refractivity contribution in [3.8, 4) is 0 Å². The van der Waals surface area contributed by atoms with Crippen LogP contribution >= 0.6 is 46.6 Å². The fourth-order valence-electron chi connectivity index (χ4n) is 4.60. The standard InChI is InChI=1S/C29H28N2O2S4/c1-20-10-11-24-22(18-20)30(16-17-35-19-28(32)33)26(36-24)8-6-4-3-5-7-9-27-31-15-14-21-23(34-2)12-13-25(37-27)29(21)31/h3-13,18H,14-17,19H2,1-2H3/p+1. The molecule has 0 unspecified atom stereocenters. The number of aryl methyl sites for hydroxylation is 2. The Bertz CT molecular complexity index is 1450. The molecule has 0 atom stereocenters. The van der Waals surface area contributed by atoms with Crippen molar-refractivity contribution < 1.29 is 14.5 Å². The zero-order valence-electron chi connectivity index (χ0n) is 20.8. The maximum Gasteiger partial charge on any atom is 0.313 e. The van der Waals surface area contributed by atoms with Crippen LogP contribution in [0.5, 0.6) is 0 Å². The number of aromatic nitrogens is 1. The van der Waals surface area contributed by atoms with Gasteiger partial charge in [0.15, 0.2) is 6.54 Å². The van der Waals surface area contributed by atoms with E-state index in [1.165, 1.54) is 58.6 Å². The van der Waals surface area contributed by atoms with Crippen molar-refractivity contribution in [2.24, 2.45) is 0 Å². The molecule has 1 N–H and O–H groups in total. The SMILES string of the molecule is CSc1ccc2c3c1CCN3/C(=C/C=C/C=C/C=C/c1sc3ccc(C)cc3[n+]1CCSCC(=O)O)S2. The zero-order chi connectivity index (χ0) is 25.8. The Hall–Kier alpha value is -2.39. The molecular weight excluding hydrogens is 537 g/mol. The summed E-state index contributed by atoms with van der Waals surface area (Å²) in [5, 5.41) is 11.4. The number of nitrogens with zero attached hydrogens (tertiary/aromatic N) is 2. The molecule has 0 radical (unpaired) electrons. The first kappa shape index (κ1) is 26.2. The number of thioether (sulfide) groups is 3. The van der Waals surface area contributed by atoms with Gasteiger partial charge in [-0.2, -0.15) is 4.57 Å². The number of hydrogen-bond donors (Lipinski definition) is 1. The average molecular weight is 566 g/mol. The third kappa shape index (κ3) is 5.87. The number of benzene rings is 2. The van der Waals surface area contributed by atoms with Crippen LogP contribution in [0.25, 0.3) is 16.3 Å². The molecule has 37 heavy (non-hydrogen) atoms. The summed E-state index contributed by atoms with van der Waals surface area (Å²) in [6.07, 6.45) is 18.0. The highest BCUT2D eigenvalue weighted by molar-refractivity contribution is 8.03. The summed E-state index contributed by atoms with van der Waals surface area (Å²) in [5.41, 5.74) is 5.36. The first-order chi connectivity index (χ1) is 18.0. The Balaban J connectivity index is 1.24. The molecule has 3 heterocycles. The van der Waals surface area contributed by atoms with Crippen LogP contribution in [0.1, 0.15) is 16.1 Å². The van der Waals surface area contributed by atoms with E-state index in [2.05, 4.69) is 95.5 Å². The van der Waals surface area contributed by atoms with Crippen molar-refractivity contribution in [2.45, 2.75) is 29.7 Å². The number of thiazole rings is 1. The molecule has 0 saturated carbocycles. The van der Waals surface area contributed by atoms with Crippen molar-refractivity contribution in [1.82, 2.24) is 0 Å². The Morgan fingerprint density at radius 1 is 1.16 bits per heavy atom. The van der Waals surface area contributed by atoms with E-state index in [9.17, 15) is 4.79 Å². The summed E-state index contributed by atoms with van der Waals surface area (Å²) in [6, 6.07) is 11.0. The van der Waals surface area contributed by atoms with E-state index in [1.807, 2.05) is 23.5 Å². The van der Waals surface area contributed by atoms with Crippen LogP contribution in [0, 0.1) is 6.92 Å². The lowest BCUT2D eigenvalue weighted by Gasteiger charge is -2.13. The molecule has 1 aromatic heterocycles. The fourth-order valence-corrected chi connectivity index (χ4v) is 8.10. The molecule has 8 heteroatoms. The summed E-state index contributed by atoms with van der Waals surface area (Å²) in [7, 11) is 0. The molecule has 0 fully saturated rings. The van der Waals surface area contributed by atoms with Crippen molar-refractivity contribution in [3.63, 3.8) is 0 Å². The van der Waals surface area contributed by atoms with Crippen molar-refractivity contribution in [2.75, 3.05) is 29.2 Å². The van der Waals surface area contributed by atoms with E-state index >= 15 is 0 Å². The minimum absolute atomic E-state index is 0.139. The lowest BCUT2D eigenvalue weighted by Crippen LogP contribution is -2.36. The molecule has 3 aromatic rings. The highest BCUT2D eigenvalue weighted by atomic mass is 32.2. The van der Waals surface area contributed by atoms with Gasteiger partial charge in [-0.15, -0.1) is 23.5 Å². The van der Waals surface area contributed by atoms with Gasteiger partial charge in [0, 0.05) is 28.5 Å². The highest BCUT2D eigenvalue weighted by Gasteiger charge is 2.33. The number of rotatable bonds is 10. The van der Waals surface area contributed by atoms with Gasteiger partial charge < -0.3 is 10.0 Å². The first-order valence-corrected chi connectivity index (χ1v) is 16.2. The summed E-state index contributed by atoms with van der Waals surface area (Å²) >= 11 is 6.93. The zero-order valence-corrected chi connectivity index (χ0v) is 24.1. The molecule has 0 bridgehead atoms. The largest absolute Gasteiger partial charge is 0.481 e. The van der Waals surface area contributed by atoms with Gasteiger partial charge >= 0.3 is 5.97 Å². The van der Waals surface area contributed by atoms with Crippen molar-refractivity contribution >= 4 is 74.6 Å². The van der Waals surface area contributed by atoms with Crippen LogP contribution in [0.3, 0.4) is 0 Å². The van der Waals surface area contributed by atoms with Crippen LogP contribution in [-0.2, 0) is 17.8 Å². The number of anilines is 1. The van der Waals surface area contributed by atoms with Crippen molar-refractivity contribution in [3.05, 3.63) is 88.0 Å². The topological polar surface area (TPSA) is 44.4 Å². The van der Waals surface area contributed by atoms with E-state index in [4.69, 9.17) is 5.11 Å². The highest BCUT2D eigenvalue weighted by Crippen LogP contribution is 2.52. The van der Waals surface area contributed by atoms with Gasteiger partial charge in [0.1, 0.15) is 4.70 Å². The molecule has 190 valence electrons. The Morgan fingerprint density at radius 3 is 2.84 bits per heavy atom. The van der Waals surface area contributed by atoms with Gasteiger partial charge in [0.2, 0.25) is 5.52 Å². The van der Waals surface area contributed by atoms with Gasteiger partial charge in [-0.05, 0) is 55.0 Å². The smallest absolute Gasteiger partial charge is 0.313 e. The van der Waals surface area contributed by atoms with Crippen LogP contribution < -0.4 is 9.47 Å².